The molecule has 0 spiro atoms. The first kappa shape index (κ1) is 11.0. The van der Waals surface area contributed by atoms with Crippen LogP contribution in [0, 0.1) is 20.6 Å². The zero-order valence-corrected chi connectivity index (χ0v) is 10.3. The molecule has 1 aromatic carbocycles. The predicted octanol–water partition coefficient (Wildman–Crippen LogP) is 3.89. The molecule has 0 saturated carbocycles. The number of nitro groups is 1. The fourth-order valence-corrected chi connectivity index (χ4v) is 3.73. The second kappa shape index (κ2) is 4.43. The van der Waals surface area contributed by atoms with Crippen molar-refractivity contribution in [1.82, 2.24) is 0 Å². The van der Waals surface area contributed by atoms with E-state index >= 15 is 0 Å². The summed E-state index contributed by atoms with van der Waals surface area (Å²) in [5, 5.41) is 10.6. The van der Waals surface area contributed by atoms with Gasteiger partial charge in [0.15, 0.2) is 0 Å². The van der Waals surface area contributed by atoms with Crippen molar-refractivity contribution in [2.45, 2.75) is 6.92 Å². The summed E-state index contributed by atoms with van der Waals surface area (Å²) in [6.07, 6.45) is 0. The summed E-state index contributed by atoms with van der Waals surface area (Å²) in [6, 6.07) is 4.90. The standard InChI is InChI=1S/C7H6Cl2INO2/c1-5-2-3-6(10(8)9)7(4-5)11(12)13/h2-4H,1H3. The van der Waals surface area contributed by atoms with E-state index in [4.69, 9.17) is 17.8 Å². The van der Waals surface area contributed by atoms with Gasteiger partial charge in [-0.1, -0.05) is 0 Å². The molecule has 0 fully saturated rings. The van der Waals surface area contributed by atoms with Gasteiger partial charge in [-0.3, -0.25) is 0 Å². The summed E-state index contributed by atoms with van der Waals surface area (Å²) < 4.78 is 0.489. The van der Waals surface area contributed by atoms with Crippen LogP contribution in [0.4, 0.5) is 5.69 Å². The molecular formula is C7H6Cl2INO2. The molecule has 0 aliphatic carbocycles. The molecule has 0 radical (unpaired) electrons. The normalized spacial score (nSPS) is 11.2. The number of nitro benzene ring substituents is 1. The summed E-state index contributed by atoms with van der Waals surface area (Å²) in [5.74, 6) is 0. The van der Waals surface area contributed by atoms with Gasteiger partial charge < -0.3 is 0 Å². The average molecular weight is 334 g/mol. The van der Waals surface area contributed by atoms with Crippen molar-refractivity contribution in [2.24, 2.45) is 0 Å². The molecule has 0 unspecified atom stereocenters. The zero-order chi connectivity index (χ0) is 10.0. The van der Waals surface area contributed by atoms with E-state index in [1.807, 2.05) is 0 Å². The van der Waals surface area contributed by atoms with Gasteiger partial charge in [0.05, 0.1) is 0 Å². The van der Waals surface area contributed by atoms with Gasteiger partial charge in [0.25, 0.3) is 0 Å². The summed E-state index contributed by atoms with van der Waals surface area (Å²) in [5.41, 5.74) is 0.872. The van der Waals surface area contributed by atoms with Gasteiger partial charge in [-0.2, -0.15) is 0 Å². The van der Waals surface area contributed by atoms with E-state index in [9.17, 15) is 10.1 Å². The Kier molecular flexibility index (Phi) is 3.75. The van der Waals surface area contributed by atoms with Crippen LogP contribution in [0.25, 0.3) is 0 Å². The average Bonchev–Trinajstić information content (AvgIpc) is 2.03. The third-order valence-electron chi connectivity index (χ3n) is 1.45. The van der Waals surface area contributed by atoms with Crippen molar-refractivity contribution in [1.29, 1.82) is 0 Å². The molecule has 0 aromatic heterocycles. The Hall–Kier alpha value is -0.0700. The summed E-state index contributed by atoms with van der Waals surface area (Å²) in [4.78, 5) is 10.1. The SMILES string of the molecule is Cc1ccc(I(Cl)Cl)c([N+](=O)[O-])c1. The Morgan fingerprint density at radius 1 is 1.46 bits per heavy atom. The molecule has 0 N–H and O–H groups in total. The first-order valence-corrected chi connectivity index (χ1v) is 9.84. The van der Waals surface area contributed by atoms with Crippen LogP contribution in [-0.4, -0.2) is 4.92 Å². The monoisotopic (exact) mass is 333 g/mol. The molecule has 72 valence electrons. The van der Waals surface area contributed by atoms with E-state index in [0.717, 1.165) is 5.56 Å². The van der Waals surface area contributed by atoms with Gasteiger partial charge in [0.1, 0.15) is 0 Å². The number of hydrogen-bond donors (Lipinski definition) is 0. The van der Waals surface area contributed by atoms with Crippen LogP contribution < -0.4 is 0 Å². The van der Waals surface area contributed by atoms with Crippen molar-refractivity contribution in [2.75, 3.05) is 0 Å². The molecule has 6 heteroatoms. The number of nitrogens with zero attached hydrogens (tertiary/aromatic N) is 1. The second-order valence-corrected chi connectivity index (χ2v) is 9.51. The topological polar surface area (TPSA) is 43.1 Å². The van der Waals surface area contributed by atoms with Crippen molar-refractivity contribution < 1.29 is 4.92 Å². The molecule has 0 atom stereocenters. The van der Waals surface area contributed by atoms with Crippen LogP contribution in [0.15, 0.2) is 18.2 Å². The first-order valence-electron chi connectivity index (χ1n) is 3.30. The van der Waals surface area contributed by atoms with Crippen molar-refractivity contribution in [3.63, 3.8) is 0 Å². The molecule has 1 aromatic rings. The Labute approximate surface area is 90.0 Å². The van der Waals surface area contributed by atoms with Gasteiger partial charge >= 0.3 is 90.4 Å². The van der Waals surface area contributed by atoms with Crippen LogP contribution in [-0.2, 0) is 0 Å². The Morgan fingerprint density at radius 3 is 2.54 bits per heavy atom. The second-order valence-electron chi connectivity index (χ2n) is 2.41. The minimum absolute atomic E-state index is 0.0372. The predicted molar refractivity (Wildman–Crippen MR) is 62.3 cm³/mol. The summed E-state index contributed by atoms with van der Waals surface area (Å²) in [7, 11) is 11.4. The molecule has 1 rings (SSSR count). The quantitative estimate of drug-likeness (QED) is 0.468. The number of halogens is 3. The summed E-state index contributed by atoms with van der Waals surface area (Å²) in [6.45, 7) is 1.79. The van der Waals surface area contributed by atoms with Crippen molar-refractivity contribution in [3.05, 3.63) is 37.4 Å². The van der Waals surface area contributed by atoms with Gasteiger partial charge in [0.2, 0.25) is 0 Å². The van der Waals surface area contributed by atoms with E-state index in [2.05, 4.69) is 0 Å². The molecular weight excluding hydrogens is 328 g/mol. The fraction of sp³-hybridized carbons (Fsp3) is 0.143. The van der Waals surface area contributed by atoms with E-state index in [-0.39, 0.29) is 5.69 Å². The number of rotatable bonds is 2. The molecule has 0 heterocycles. The maximum atomic E-state index is 10.6. The van der Waals surface area contributed by atoms with E-state index in [0.29, 0.717) is 3.57 Å². The number of aryl methyl sites for hydroxylation is 1. The van der Waals surface area contributed by atoms with Crippen LogP contribution in [0.2, 0.25) is 0 Å². The van der Waals surface area contributed by atoms with E-state index in [1.165, 1.54) is 6.07 Å². The van der Waals surface area contributed by atoms with Gasteiger partial charge in [-0.05, 0) is 0 Å². The molecule has 13 heavy (non-hydrogen) atoms. The number of benzene rings is 1. The molecule has 0 bridgehead atoms. The zero-order valence-electron chi connectivity index (χ0n) is 6.63. The maximum absolute atomic E-state index is 10.6. The van der Waals surface area contributed by atoms with Crippen LogP contribution in [0.3, 0.4) is 0 Å². The molecule has 3 nitrogen and oxygen atoms in total. The molecule has 0 amide bonds. The van der Waals surface area contributed by atoms with Crippen LogP contribution in [0.5, 0.6) is 0 Å². The Balaban J connectivity index is 3.27. The Morgan fingerprint density at radius 2 is 2.08 bits per heavy atom. The third-order valence-corrected chi connectivity index (χ3v) is 5.31. The summed E-state index contributed by atoms with van der Waals surface area (Å²) >= 11 is -2.31. The molecule has 0 saturated heterocycles. The molecule has 0 aliphatic rings. The van der Waals surface area contributed by atoms with Crippen LogP contribution >= 0.6 is 35.4 Å². The van der Waals surface area contributed by atoms with Crippen LogP contribution in [0.1, 0.15) is 5.56 Å². The van der Waals surface area contributed by atoms with Crippen molar-refractivity contribution in [3.8, 4) is 0 Å². The minimum atomic E-state index is -2.31. The van der Waals surface area contributed by atoms with Gasteiger partial charge in [-0.25, -0.2) is 0 Å². The fourth-order valence-electron chi connectivity index (χ4n) is 0.883. The van der Waals surface area contributed by atoms with Crippen molar-refractivity contribution >= 4 is 41.1 Å². The van der Waals surface area contributed by atoms with E-state index in [1.54, 1.807) is 19.1 Å². The van der Waals surface area contributed by atoms with Gasteiger partial charge in [0, 0.05) is 0 Å². The molecule has 0 aliphatic heterocycles. The van der Waals surface area contributed by atoms with E-state index < -0.39 is 22.5 Å². The van der Waals surface area contributed by atoms with Gasteiger partial charge in [-0.15, -0.1) is 0 Å². The Bertz CT molecular complexity index is 343. The first-order chi connectivity index (χ1) is 6.02. The third kappa shape index (κ3) is 2.69. The number of hydrogen-bond acceptors (Lipinski definition) is 2.